The van der Waals surface area contributed by atoms with Gasteiger partial charge in [-0.05, 0) is 80.7 Å². The lowest BCUT2D eigenvalue weighted by atomic mass is 9.96. The van der Waals surface area contributed by atoms with E-state index in [1.54, 1.807) is 0 Å². The summed E-state index contributed by atoms with van der Waals surface area (Å²) in [5.41, 5.74) is 7.58. The van der Waals surface area contributed by atoms with Gasteiger partial charge in [-0.15, -0.1) is 33.8 Å². The zero-order valence-electron chi connectivity index (χ0n) is 25.8. The number of hydrogen-bond donors (Lipinski definition) is 0. The number of fused-ring (bicyclic) bond motifs is 9. The Kier molecular flexibility index (Phi) is 8.12. The zero-order valence-corrected chi connectivity index (χ0v) is 29.5. The summed E-state index contributed by atoms with van der Waals surface area (Å²) in [6, 6.07) is 30.7. The van der Waals surface area contributed by atoms with Gasteiger partial charge in [0.2, 0.25) is 0 Å². The molecule has 0 bridgehead atoms. The van der Waals surface area contributed by atoms with Crippen molar-refractivity contribution in [1.29, 1.82) is 0 Å². The van der Waals surface area contributed by atoms with E-state index in [0.717, 1.165) is 0 Å². The highest BCUT2D eigenvalue weighted by Crippen LogP contribution is 2.40. The Labute approximate surface area is 261 Å². The highest BCUT2D eigenvalue weighted by Gasteiger charge is 2.25. The highest BCUT2D eigenvalue weighted by atomic mass is 32.1. The lowest BCUT2D eigenvalue weighted by Crippen LogP contribution is -2.29. The van der Waals surface area contributed by atoms with Gasteiger partial charge in [-0.1, -0.05) is 102 Å². The van der Waals surface area contributed by atoms with Crippen LogP contribution in [0.15, 0.2) is 60.7 Å². The molecule has 0 saturated carbocycles. The van der Waals surface area contributed by atoms with Crippen LogP contribution in [0, 0.1) is 22.9 Å². The Morgan fingerprint density at radius 1 is 0.452 bits per heavy atom. The smallest absolute Gasteiger partial charge is 0.126 e. The molecule has 0 aliphatic rings. The van der Waals surface area contributed by atoms with Gasteiger partial charge in [-0.25, -0.2) is 0 Å². The fraction of sp³-hybridized carbons (Fsp3) is 0.316. The Balaban J connectivity index is 1.46. The van der Waals surface area contributed by atoms with E-state index in [2.05, 4.69) is 125 Å². The van der Waals surface area contributed by atoms with E-state index < -0.39 is 16.1 Å². The molecular formula is C38H40S2Si2. The molecule has 6 aromatic rings. The van der Waals surface area contributed by atoms with Crippen LogP contribution in [0.2, 0.25) is 36.3 Å². The Hall–Kier alpha value is -2.87. The third kappa shape index (κ3) is 4.93. The van der Waals surface area contributed by atoms with Gasteiger partial charge >= 0.3 is 0 Å². The van der Waals surface area contributed by atoms with E-state index in [-0.39, 0.29) is 0 Å². The number of benzene rings is 4. The molecule has 0 fully saturated rings. The van der Waals surface area contributed by atoms with Gasteiger partial charge in [-0.2, -0.15) is 0 Å². The summed E-state index contributed by atoms with van der Waals surface area (Å²) < 4.78 is 2.72. The molecular weight excluding hydrogens is 577 g/mol. The molecule has 6 rings (SSSR count). The fourth-order valence-corrected chi connectivity index (χ4v) is 13.7. The number of rotatable bonds is 6. The summed E-state index contributed by atoms with van der Waals surface area (Å²) >= 11 is 3.73. The van der Waals surface area contributed by atoms with Crippen molar-refractivity contribution in [2.45, 2.75) is 77.8 Å². The van der Waals surface area contributed by atoms with Gasteiger partial charge in [0.15, 0.2) is 0 Å². The molecule has 0 nitrogen and oxygen atoms in total. The minimum absolute atomic E-state index is 1.21. The molecule has 0 radical (unpaired) electrons. The molecule has 0 saturated heterocycles. The minimum Gasteiger partial charge on any atom is -0.126 e. The van der Waals surface area contributed by atoms with Gasteiger partial charge in [-0.3, -0.25) is 0 Å². The third-order valence-corrected chi connectivity index (χ3v) is 21.7. The van der Waals surface area contributed by atoms with Gasteiger partial charge in [0.1, 0.15) is 16.1 Å². The zero-order chi connectivity index (χ0) is 29.5. The predicted molar refractivity (Wildman–Crippen MR) is 198 cm³/mol. The molecule has 0 atom stereocenters. The van der Waals surface area contributed by atoms with Crippen LogP contribution >= 0.6 is 22.7 Å². The maximum Gasteiger partial charge on any atom is 0.138 e. The van der Waals surface area contributed by atoms with Crippen molar-refractivity contribution in [2.24, 2.45) is 0 Å². The summed E-state index contributed by atoms with van der Waals surface area (Å²) in [5.74, 6) is 7.25. The second-order valence-corrected chi connectivity index (χ2v) is 23.8. The van der Waals surface area contributed by atoms with Gasteiger partial charge in [0, 0.05) is 20.2 Å². The van der Waals surface area contributed by atoms with Gasteiger partial charge < -0.3 is 0 Å². The second-order valence-electron chi connectivity index (χ2n) is 11.8. The lowest BCUT2D eigenvalue weighted by Gasteiger charge is -2.19. The molecule has 4 heteroatoms. The van der Waals surface area contributed by atoms with E-state index in [4.69, 9.17) is 0 Å². The van der Waals surface area contributed by atoms with Crippen molar-refractivity contribution < 1.29 is 0 Å². The number of hydrogen-bond acceptors (Lipinski definition) is 2. The molecule has 0 spiro atoms. The van der Waals surface area contributed by atoms with Crippen molar-refractivity contribution in [3.05, 3.63) is 70.4 Å². The van der Waals surface area contributed by atoms with E-state index in [1.807, 2.05) is 22.7 Å². The van der Waals surface area contributed by atoms with Crippen LogP contribution < -0.4 is 0 Å². The topological polar surface area (TPSA) is 0 Å². The second kappa shape index (κ2) is 11.7. The first-order valence-corrected chi connectivity index (χ1v) is 22.6. The maximum absolute atomic E-state index is 3.79. The standard InChI is InChI=1S/C38H40S2Si2/c1-7-41(8-2,9-3)23-21-29-25-27-13-15-33-31-18-20-36-34(32(31)17-19-35(33)37(27)39-29)16-14-28-26-30(40-38(28)36)22-24-42(10-4,11-5)12-6/h13-20,25-26H,7-12H2,1-6H3. The van der Waals surface area contributed by atoms with E-state index in [0.29, 0.717) is 0 Å². The van der Waals surface area contributed by atoms with Gasteiger partial charge in [0.25, 0.3) is 0 Å². The predicted octanol–water partition coefficient (Wildman–Crippen LogP) is 12.4. The van der Waals surface area contributed by atoms with Crippen LogP contribution in [0.5, 0.6) is 0 Å². The normalized spacial score (nSPS) is 12.2. The number of thiophene rings is 2. The summed E-state index contributed by atoms with van der Waals surface area (Å²) in [6.45, 7) is 14.0. The summed E-state index contributed by atoms with van der Waals surface area (Å²) in [5, 5.41) is 10.6. The molecule has 0 aliphatic carbocycles. The van der Waals surface area contributed by atoms with E-state index >= 15 is 0 Å². The van der Waals surface area contributed by atoms with Gasteiger partial charge in [0.05, 0.1) is 9.75 Å². The van der Waals surface area contributed by atoms with Crippen LogP contribution in [0.25, 0.3) is 52.5 Å². The Bertz CT molecular complexity index is 1910. The largest absolute Gasteiger partial charge is 0.138 e. The third-order valence-electron chi connectivity index (χ3n) is 10.1. The van der Waals surface area contributed by atoms with Crippen molar-refractivity contribution >= 4 is 91.3 Å². The molecule has 0 unspecified atom stereocenters. The summed E-state index contributed by atoms with van der Waals surface area (Å²) in [7, 11) is -2.92. The Morgan fingerprint density at radius 2 is 0.762 bits per heavy atom. The van der Waals surface area contributed by atoms with Crippen LogP contribution in [0.3, 0.4) is 0 Å². The SMILES string of the molecule is CC[Si](C#Cc1cc2ccc3c4ccc5c(ccc6cc(C#C[Si](CC)(CC)CC)sc65)c4ccc3c2s1)(CC)CC. The molecule has 0 N–H and O–H groups in total. The summed E-state index contributed by atoms with van der Waals surface area (Å²) in [6.07, 6.45) is 0. The van der Waals surface area contributed by atoms with Crippen LogP contribution in [0.1, 0.15) is 51.3 Å². The monoisotopic (exact) mass is 616 g/mol. The van der Waals surface area contributed by atoms with Crippen molar-refractivity contribution in [3.8, 4) is 22.9 Å². The van der Waals surface area contributed by atoms with E-state index in [9.17, 15) is 0 Å². The summed E-state index contributed by atoms with van der Waals surface area (Å²) in [4.78, 5) is 2.41. The average Bonchev–Trinajstić information content (AvgIpc) is 3.66. The maximum atomic E-state index is 3.79. The molecule has 0 aliphatic heterocycles. The van der Waals surface area contributed by atoms with Crippen molar-refractivity contribution in [2.75, 3.05) is 0 Å². The average molecular weight is 617 g/mol. The molecule has 212 valence electrons. The molecule has 2 heterocycles. The fourth-order valence-electron chi connectivity index (χ4n) is 6.57. The molecule has 4 aromatic carbocycles. The van der Waals surface area contributed by atoms with Crippen LogP contribution in [-0.4, -0.2) is 16.1 Å². The van der Waals surface area contributed by atoms with E-state index in [1.165, 1.54) is 98.5 Å². The first-order chi connectivity index (χ1) is 20.4. The quantitative estimate of drug-likeness (QED) is 0.0992. The van der Waals surface area contributed by atoms with Crippen LogP contribution in [-0.2, 0) is 0 Å². The first kappa shape index (κ1) is 29.2. The minimum atomic E-state index is -1.46. The van der Waals surface area contributed by atoms with Crippen LogP contribution in [0.4, 0.5) is 0 Å². The molecule has 0 amide bonds. The van der Waals surface area contributed by atoms with Crippen molar-refractivity contribution in [1.82, 2.24) is 0 Å². The highest BCUT2D eigenvalue weighted by molar-refractivity contribution is 7.21. The molecule has 42 heavy (non-hydrogen) atoms. The lowest BCUT2D eigenvalue weighted by molar-refractivity contribution is 1.20. The Morgan fingerprint density at radius 3 is 1.12 bits per heavy atom. The van der Waals surface area contributed by atoms with Crippen molar-refractivity contribution in [3.63, 3.8) is 0 Å². The first-order valence-electron chi connectivity index (χ1n) is 15.7. The molecule has 2 aromatic heterocycles.